The van der Waals surface area contributed by atoms with Crippen molar-refractivity contribution in [2.24, 2.45) is 10.9 Å². The highest BCUT2D eigenvalue weighted by Crippen LogP contribution is 2.28. The van der Waals surface area contributed by atoms with E-state index in [1.165, 1.54) is 6.42 Å². The predicted octanol–water partition coefficient (Wildman–Crippen LogP) is 1.77. The molecule has 1 amide bonds. The SMILES string of the molecule is CN=C(NCCN1CCN(C(=O)C2CCC2)CC1)NC1CCN(Cc2ccccn2)CC1.I. The topological polar surface area (TPSA) is 76.1 Å². The van der Waals surface area contributed by atoms with Crippen LogP contribution in [-0.4, -0.2) is 97.0 Å². The lowest BCUT2D eigenvalue weighted by molar-refractivity contribution is -0.139. The average Bonchev–Trinajstić information content (AvgIpc) is 2.79. The number of hydrogen-bond acceptors (Lipinski definition) is 5. The van der Waals surface area contributed by atoms with Gasteiger partial charge in [0, 0.05) is 84.1 Å². The minimum Gasteiger partial charge on any atom is -0.355 e. The van der Waals surface area contributed by atoms with Crippen LogP contribution in [0.15, 0.2) is 29.4 Å². The van der Waals surface area contributed by atoms with Crippen LogP contribution in [0.25, 0.3) is 0 Å². The van der Waals surface area contributed by atoms with Gasteiger partial charge in [-0.3, -0.25) is 24.6 Å². The van der Waals surface area contributed by atoms with Crippen LogP contribution in [0.4, 0.5) is 0 Å². The summed E-state index contributed by atoms with van der Waals surface area (Å²) in [5.74, 6) is 1.61. The van der Waals surface area contributed by atoms with Crippen LogP contribution in [0.1, 0.15) is 37.8 Å². The summed E-state index contributed by atoms with van der Waals surface area (Å²) in [5, 5.41) is 7.08. The maximum atomic E-state index is 12.4. The second-order valence-corrected chi connectivity index (χ2v) is 9.31. The first kappa shape index (κ1) is 26.2. The number of halogens is 1. The predicted molar refractivity (Wildman–Crippen MR) is 143 cm³/mol. The van der Waals surface area contributed by atoms with Crippen molar-refractivity contribution >= 4 is 35.8 Å². The third-order valence-corrected chi connectivity index (χ3v) is 7.12. The van der Waals surface area contributed by atoms with Gasteiger partial charge in [-0.2, -0.15) is 0 Å². The molecule has 3 heterocycles. The lowest BCUT2D eigenvalue weighted by Crippen LogP contribution is -2.53. The number of amides is 1. The molecule has 0 spiro atoms. The molecule has 9 heteroatoms. The van der Waals surface area contributed by atoms with Gasteiger partial charge >= 0.3 is 0 Å². The first-order valence-corrected chi connectivity index (χ1v) is 12.3. The summed E-state index contributed by atoms with van der Waals surface area (Å²) in [6.45, 7) is 8.63. The van der Waals surface area contributed by atoms with Crippen molar-refractivity contribution < 1.29 is 4.79 Å². The van der Waals surface area contributed by atoms with E-state index < -0.39 is 0 Å². The number of likely N-dealkylation sites (tertiary alicyclic amines) is 1. The summed E-state index contributed by atoms with van der Waals surface area (Å²) in [7, 11) is 1.84. The summed E-state index contributed by atoms with van der Waals surface area (Å²) in [4.78, 5) is 28.3. The van der Waals surface area contributed by atoms with Crippen molar-refractivity contribution in [1.82, 2.24) is 30.3 Å². The van der Waals surface area contributed by atoms with E-state index in [-0.39, 0.29) is 24.0 Å². The summed E-state index contributed by atoms with van der Waals surface area (Å²) < 4.78 is 0. The minimum atomic E-state index is 0. The number of nitrogens with zero attached hydrogens (tertiary/aromatic N) is 5. The number of hydrogen-bond donors (Lipinski definition) is 2. The highest BCUT2D eigenvalue weighted by molar-refractivity contribution is 14.0. The van der Waals surface area contributed by atoms with Gasteiger partial charge < -0.3 is 15.5 Å². The fourth-order valence-corrected chi connectivity index (χ4v) is 4.78. The Balaban J connectivity index is 0.00000306. The molecule has 0 aromatic carbocycles. The van der Waals surface area contributed by atoms with Crippen LogP contribution in [-0.2, 0) is 11.3 Å². The number of rotatable bonds is 7. The normalized spacial score (nSPS) is 21.2. The van der Waals surface area contributed by atoms with Crippen molar-refractivity contribution in [3.8, 4) is 0 Å². The van der Waals surface area contributed by atoms with E-state index in [4.69, 9.17) is 0 Å². The maximum absolute atomic E-state index is 12.4. The average molecular weight is 570 g/mol. The quantitative estimate of drug-likeness (QED) is 0.296. The Hall–Kier alpha value is -1.46. The minimum absolute atomic E-state index is 0. The van der Waals surface area contributed by atoms with Crippen LogP contribution < -0.4 is 10.6 Å². The van der Waals surface area contributed by atoms with Gasteiger partial charge in [0.25, 0.3) is 0 Å². The van der Waals surface area contributed by atoms with Gasteiger partial charge in [0.1, 0.15) is 0 Å². The van der Waals surface area contributed by atoms with Crippen molar-refractivity contribution in [2.45, 2.75) is 44.7 Å². The van der Waals surface area contributed by atoms with Crippen molar-refractivity contribution in [2.75, 3.05) is 59.4 Å². The van der Waals surface area contributed by atoms with Crippen LogP contribution in [0.3, 0.4) is 0 Å². The molecule has 0 atom stereocenters. The number of guanidine groups is 1. The third kappa shape index (κ3) is 7.78. The van der Waals surface area contributed by atoms with E-state index in [9.17, 15) is 4.79 Å². The van der Waals surface area contributed by atoms with Crippen LogP contribution in [0.2, 0.25) is 0 Å². The van der Waals surface area contributed by atoms with E-state index in [0.717, 1.165) is 96.2 Å². The largest absolute Gasteiger partial charge is 0.355 e. The van der Waals surface area contributed by atoms with Gasteiger partial charge in [-0.15, -0.1) is 24.0 Å². The summed E-state index contributed by atoms with van der Waals surface area (Å²) in [6.07, 6.45) is 7.52. The maximum Gasteiger partial charge on any atom is 0.225 e. The summed E-state index contributed by atoms with van der Waals surface area (Å²) in [6, 6.07) is 6.58. The van der Waals surface area contributed by atoms with E-state index in [2.05, 4.69) is 47.4 Å². The zero-order valence-corrected chi connectivity index (χ0v) is 22.2. The van der Waals surface area contributed by atoms with Crippen LogP contribution in [0.5, 0.6) is 0 Å². The Morgan fingerprint density at radius 1 is 1.06 bits per heavy atom. The monoisotopic (exact) mass is 569 g/mol. The van der Waals surface area contributed by atoms with E-state index in [1.54, 1.807) is 0 Å². The summed E-state index contributed by atoms with van der Waals surface area (Å²) >= 11 is 0. The lowest BCUT2D eigenvalue weighted by Gasteiger charge is -2.38. The van der Waals surface area contributed by atoms with Gasteiger partial charge in [-0.05, 0) is 37.8 Å². The number of carbonyl (C=O) groups excluding carboxylic acids is 1. The van der Waals surface area contributed by atoms with Gasteiger partial charge in [0.15, 0.2) is 5.96 Å². The fourth-order valence-electron chi connectivity index (χ4n) is 4.78. The number of nitrogens with one attached hydrogen (secondary N) is 2. The zero-order valence-electron chi connectivity index (χ0n) is 19.9. The molecule has 1 aromatic rings. The van der Waals surface area contributed by atoms with Crippen molar-refractivity contribution in [3.63, 3.8) is 0 Å². The van der Waals surface area contributed by atoms with Crippen molar-refractivity contribution in [3.05, 3.63) is 30.1 Å². The number of aliphatic imine (C=N–C) groups is 1. The Morgan fingerprint density at radius 2 is 1.82 bits per heavy atom. The summed E-state index contributed by atoms with van der Waals surface area (Å²) in [5.41, 5.74) is 1.14. The number of piperidine rings is 1. The van der Waals surface area contributed by atoms with Gasteiger partial charge in [-0.25, -0.2) is 0 Å². The molecule has 3 fully saturated rings. The van der Waals surface area contributed by atoms with Gasteiger partial charge in [0.2, 0.25) is 5.91 Å². The van der Waals surface area contributed by atoms with Crippen molar-refractivity contribution in [1.29, 1.82) is 0 Å². The van der Waals surface area contributed by atoms with Crippen LogP contribution in [0, 0.1) is 5.92 Å². The van der Waals surface area contributed by atoms with Gasteiger partial charge in [0.05, 0.1) is 5.69 Å². The molecule has 1 saturated carbocycles. The number of piperazine rings is 1. The molecule has 2 N–H and O–H groups in total. The molecule has 33 heavy (non-hydrogen) atoms. The first-order chi connectivity index (χ1) is 15.7. The molecule has 1 aliphatic carbocycles. The Kier molecular flexibility index (Phi) is 10.6. The van der Waals surface area contributed by atoms with E-state index >= 15 is 0 Å². The highest BCUT2D eigenvalue weighted by Gasteiger charge is 2.31. The standard InChI is InChI=1S/C24H39N7O.HI/c1-25-24(28-21-8-12-30(13-9-21)19-22-7-2-3-10-26-22)27-11-14-29-15-17-31(18-16-29)23(32)20-5-4-6-20;/h2-3,7,10,20-21H,4-6,8-9,11-19H2,1H3,(H2,25,27,28);1H. The Labute approximate surface area is 215 Å². The molecule has 1 aromatic heterocycles. The molecule has 2 aliphatic heterocycles. The number of aromatic nitrogens is 1. The van der Waals surface area contributed by atoms with E-state index in [0.29, 0.717) is 17.9 Å². The molecule has 184 valence electrons. The molecule has 4 rings (SSSR count). The number of pyridine rings is 1. The van der Waals surface area contributed by atoms with Gasteiger partial charge in [-0.1, -0.05) is 12.5 Å². The first-order valence-electron chi connectivity index (χ1n) is 12.3. The molecular weight excluding hydrogens is 529 g/mol. The molecule has 0 unspecified atom stereocenters. The highest BCUT2D eigenvalue weighted by atomic mass is 127. The number of carbonyl (C=O) groups is 1. The Bertz CT molecular complexity index is 742. The second-order valence-electron chi connectivity index (χ2n) is 9.31. The molecule has 8 nitrogen and oxygen atoms in total. The fraction of sp³-hybridized carbons (Fsp3) is 0.708. The second kappa shape index (κ2) is 13.4. The lowest BCUT2D eigenvalue weighted by atomic mass is 9.84. The Morgan fingerprint density at radius 3 is 2.42 bits per heavy atom. The van der Waals surface area contributed by atoms with E-state index in [1.807, 2.05) is 19.3 Å². The molecule has 0 radical (unpaired) electrons. The van der Waals surface area contributed by atoms with Crippen LogP contribution >= 0.6 is 24.0 Å². The third-order valence-electron chi connectivity index (χ3n) is 7.12. The smallest absolute Gasteiger partial charge is 0.225 e. The zero-order chi connectivity index (χ0) is 22.2. The molecule has 0 bridgehead atoms. The molecule has 2 saturated heterocycles. The molecule has 3 aliphatic rings. The molecular formula is C24H40IN7O.